The van der Waals surface area contributed by atoms with Gasteiger partial charge in [0.15, 0.2) is 0 Å². The van der Waals surface area contributed by atoms with E-state index in [0.29, 0.717) is 6.54 Å². The third-order valence-electron chi connectivity index (χ3n) is 3.28. The summed E-state index contributed by atoms with van der Waals surface area (Å²) in [5, 5.41) is 0. The van der Waals surface area contributed by atoms with Crippen LogP contribution in [0.25, 0.3) is 0 Å². The van der Waals surface area contributed by atoms with Crippen molar-refractivity contribution in [3.8, 4) is 0 Å². The predicted octanol–water partition coefficient (Wildman–Crippen LogP) is 2.34. The number of carbonyl (C=O) groups excluding carboxylic acids is 1. The lowest BCUT2D eigenvalue weighted by molar-refractivity contribution is -0.121. The Morgan fingerprint density at radius 2 is 1.85 bits per heavy atom. The Kier molecular flexibility index (Phi) is 7.19. The first-order chi connectivity index (χ1) is 9.18. The number of hydrogen-bond donors (Lipinski definition) is 0. The van der Waals surface area contributed by atoms with Crippen LogP contribution in [0.1, 0.15) is 13.8 Å². The first kappa shape index (κ1) is 17.1. The Balaban J connectivity index is 0.00000200. The number of para-hydroxylation sites is 1. The monoisotopic (exact) mass is 342 g/mol. The van der Waals surface area contributed by atoms with Crippen LogP contribution in [0.15, 0.2) is 30.3 Å². The highest BCUT2D eigenvalue weighted by atomic mass is 79.9. The molecule has 1 aliphatic rings. The van der Waals surface area contributed by atoms with Gasteiger partial charge in [0, 0.05) is 24.8 Å². The number of anilines is 1. The summed E-state index contributed by atoms with van der Waals surface area (Å²) >= 11 is 0. The van der Waals surface area contributed by atoms with E-state index in [1.807, 2.05) is 49.1 Å². The highest BCUT2D eigenvalue weighted by Gasteiger charge is 2.22. The fourth-order valence-corrected chi connectivity index (χ4v) is 2.35. The van der Waals surface area contributed by atoms with E-state index in [2.05, 4.69) is 4.90 Å². The first-order valence-corrected chi connectivity index (χ1v) is 6.85. The van der Waals surface area contributed by atoms with Crippen molar-refractivity contribution in [2.75, 3.05) is 37.7 Å². The zero-order valence-corrected chi connectivity index (χ0v) is 13.8. The molecule has 0 N–H and O–H groups in total. The van der Waals surface area contributed by atoms with Gasteiger partial charge in [-0.1, -0.05) is 18.2 Å². The van der Waals surface area contributed by atoms with Crippen LogP contribution in [0.4, 0.5) is 5.69 Å². The maximum Gasteiger partial charge on any atom is 0.241 e. The van der Waals surface area contributed by atoms with E-state index in [1.54, 1.807) is 0 Å². The van der Waals surface area contributed by atoms with Gasteiger partial charge in [-0.3, -0.25) is 9.69 Å². The molecule has 0 atom stereocenters. The van der Waals surface area contributed by atoms with Crippen LogP contribution in [0, 0.1) is 0 Å². The Labute approximate surface area is 131 Å². The third kappa shape index (κ3) is 4.58. The Morgan fingerprint density at radius 1 is 1.25 bits per heavy atom. The molecule has 0 radical (unpaired) electrons. The quantitative estimate of drug-likeness (QED) is 0.841. The summed E-state index contributed by atoms with van der Waals surface area (Å²) in [6.45, 7) is 7.68. The van der Waals surface area contributed by atoms with Crippen molar-refractivity contribution in [3.63, 3.8) is 0 Å². The second-order valence-corrected chi connectivity index (χ2v) is 5.08. The maximum atomic E-state index is 12.5. The van der Waals surface area contributed by atoms with E-state index < -0.39 is 0 Å². The predicted molar refractivity (Wildman–Crippen MR) is 86.6 cm³/mol. The summed E-state index contributed by atoms with van der Waals surface area (Å²) < 4.78 is 5.31. The molecule has 1 aliphatic heterocycles. The molecular weight excluding hydrogens is 320 g/mol. The summed E-state index contributed by atoms with van der Waals surface area (Å²) in [7, 11) is 0. The van der Waals surface area contributed by atoms with Gasteiger partial charge < -0.3 is 9.64 Å². The minimum Gasteiger partial charge on any atom is -0.379 e. The van der Waals surface area contributed by atoms with E-state index in [0.717, 1.165) is 32.0 Å². The van der Waals surface area contributed by atoms with E-state index in [1.165, 1.54) is 0 Å². The van der Waals surface area contributed by atoms with Gasteiger partial charge in [-0.2, -0.15) is 0 Å². The minimum absolute atomic E-state index is 0. The summed E-state index contributed by atoms with van der Waals surface area (Å²) in [6, 6.07) is 10.0. The molecule has 0 unspecified atom stereocenters. The van der Waals surface area contributed by atoms with Gasteiger partial charge in [-0.25, -0.2) is 0 Å². The smallest absolute Gasteiger partial charge is 0.241 e. The van der Waals surface area contributed by atoms with Gasteiger partial charge in [0.05, 0.1) is 19.8 Å². The summed E-state index contributed by atoms with van der Waals surface area (Å²) in [4.78, 5) is 16.5. The summed E-state index contributed by atoms with van der Waals surface area (Å²) in [6.07, 6.45) is 0. The van der Waals surface area contributed by atoms with Crippen LogP contribution < -0.4 is 4.90 Å². The van der Waals surface area contributed by atoms with Crippen LogP contribution >= 0.6 is 17.0 Å². The molecule has 5 heteroatoms. The molecule has 1 aromatic rings. The number of rotatable bonds is 4. The zero-order valence-electron chi connectivity index (χ0n) is 12.1. The van der Waals surface area contributed by atoms with Crippen LogP contribution in [0.2, 0.25) is 0 Å². The molecule has 1 heterocycles. The molecular formula is C15H23BrN2O2. The van der Waals surface area contributed by atoms with Gasteiger partial charge in [0.25, 0.3) is 0 Å². The fraction of sp³-hybridized carbons (Fsp3) is 0.533. The number of amides is 1. The molecule has 1 fully saturated rings. The van der Waals surface area contributed by atoms with Gasteiger partial charge in [0.1, 0.15) is 0 Å². The van der Waals surface area contributed by atoms with Crippen molar-refractivity contribution < 1.29 is 9.53 Å². The number of carbonyl (C=O) groups is 1. The lowest BCUT2D eigenvalue weighted by atomic mass is 10.2. The van der Waals surface area contributed by atoms with Crippen LogP contribution in [0.5, 0.6) is 0 Å². The fourth-order valence-electron chi connectivity index (χ4n) is 2.35. The molecule has 0 aromatic heterocycles. The molecule has 1 amide bonds. The number of morpholine rings is 1. The molecule has 1 saturated heterocycles. The number of hydrogen-bond acceptors (Lipinski definition) is 3. The van der Waals surface area contributed by atoms with Gasteiger partial charge >= 0.3 is 0 Å². The Bertz CT molecular complexity index is 406. The summed E-state index contributed by atoms with van der Waals surface area (Å²) in [5.41, 5.74) is 0.968. The van der Waals surface area contributed by atoms with Gasteiger partial charge in [-0.15, -0.1) is 17.0 Å². The third-order valence-corrected chi connectivity index (χ3v) is 3.28. The van der Waals surface area contributed by atoms with E-state index in [9.17, 15) is 4.79 Å². The molecule has 0 saturated carbocycles. The number of halogens is 1. The minimum atomic E-state index is 0. The topological polar surface area (TPSA) is 32.8 Å². The molecule has 112 valence electrons. The van der Waals surface area contributed by atoms with E-state index in [-0.39, 0.29) is 28.9 Å². The average molecular weight is 343 g/mol. The van der Waals surface area contributed by atoms with Crippen LogP contribution in [-0.4, -0.2) is 49.7 Å². The Hall–Kier alpha value is -0.910. The van der Waals surface area contributed by atoms with Gasteiger partial charge in [-0.05, 0) is 26.0 Å². The van der Waals surface area contributed by atoms with Crippen LogP contribution in [0.3, 0.4) is 0 Å². The number of ether oxygens (including phenoxy) is 1. The van der Waals surface area contributed by atoms with E-state index in [4.69, 9.17) is 4.74 Å². The SMILES string of the molecule is Br.CC(C)N(C(=O)CN1CCOCC1)c1ccccc1. The van der Waals surface area contributed by atoms with Crippen molar-refractivity contribution in [1.29, 1.82) is 0 Å². The molecule has 0 aliphatic carbocycles. The molecule has 0 bridgehead atoms. The molecule has 0 spiro atoms. The van der Waals surface area contributed by atoms with Crippen LogP contribution in [-0.2, 0) is 9.53 Å². The lowest BCUT2D eigenvalue weighted by Gasteiger charge is -2.31. The van der Waals surface area contributed by atoms with Crippen molar-refractivity contribution in [1.82, 2.24) is 4.90 Å². The van der Waals surface area contributed by atoms with Gasteiger partial charge in [0.2, 0.25) is 5.91 Å². The second kappa shape index (κ2) is 8.39. The maximum absolute atomic E-state index is 12.5. The lowest BCUT2D eigenvalue weighted by Crippen LogP contribution is -2.47. The van der Waals surface area contributed by atoms with Crippen molar-refractivity contribution in [2.45, 2.75) is 19.9 Å². The summed E-state index contributed by atoms with van der Waals surface area (Å²) in [5.74, 6) is 0.156. The highest BCUT2D eigenvalue weighted by Crippen LogP contribution is 2.17. The first-order valence-electron chi connectivity index (χ1n) is 6.85. The standard InChI is InChI=1S/C15H22N2O2.BrH/c1-13(2)17(14-6-4-3-5-7-14)15(18)12-16-8-10-19-11-9-16;/h3-7,13H,8-12H2,1-2H3;1H. The second-order valence-electron chi connectivity index (χ2n) is 5.08. The molecule has 4 nitrogen and oxygen atoms in total. The largest absolute Gasteiger partial charge is 0.379 e. The average Bonchev–Trinajstić information content (AvgIpc) is 2.40. The van der Waals surface area contributed by atoms with Crippen molar-refractivity contribution >= 4 is 28.6 Å². The molecule has 20 heavy (non-hydrogen) atoms. The van der Waals surface area contributed by atoms with Crippen molar-refractivity contribution in [3.05, 3.63) is 30.3 Å². The van der Waals surface area contributed by atoms with Crippen molar-refractivity contribution in [2.24, 2.45) is 0 Å². The normalized spacial score (nSPS) is 15.8. The number of benzene rings is 1. The number of nitrogens with zero attached hydrogens (tertiary/aromatic N) is 2. The molecule has 1 aromatic carbocycles. The Morgan fingerprint density at radius 3 is 2.40 bits per heavy atom. The zero-order chi connectivity index (χ0) is 13.7. The molecule has 2 rings (SSSR count). The highest BCUT2D eigenvalue weighted by molar-refractivity contribution is 8.93. The van der Waals surface area contributed by atoms with E-state index >= 15 is 0 Å².